The average molecular weight is 446 g/mol. The van der Waals surface area contributed by atoms with Gasteiger partial charge in [-0.25, -0.2) is 9.59 Å². The molecule has 0 radical (unpaired) electrons. The number of pyridine rings is 1. The summed E-state index contributed by atoms with van der Waals surface area (Å²) < 4.78 is 10.5. The number of aryl methyl sites for hydroxylation is 1. The van der Waals surface area contributed by atoms with Crippen LogP contribution in [0, 0.1) is 0 Å². The highest BCUT2D eigenvalue weighted by Crippen LogP contribution is 2.29. The highest BCUT2D eigenvalue weighted by molar-refractivity contribution is 5.87. The molecule has 8 nitrogen and oxygen atoms in total. The molecule has 0 spiro atoms. The third-order valence-corrected chi connectivity index (χ3v) is 4.39. The van der Waals surface area contributed by atoms with E-state index in [0.717, 1.165) is 5.56 Å². The Morgan fingerprint density at radius 3 is 2.31 bits per heavy atom. The van der Waals surface area contributed by atoms with Crippen LogP contribution in [0.5, 0.6) is 5.75 Å². The van der Waals surface area contributed by atoms with Crippen molar-refractivity contribution in [3.05, 3.63) is 35.5 Å². The molecule has 0 bridgehead atoms. The van der Waals surface area contributed by atoms with E-state index in [2.05, 4.69) is 10.6 Å². The first-order valence-corrected chi connectivity index (χ1v) is 10.8. The molecule has 0 saturated carbocycles. The number of hydrogen-bond donors (Lipinski definition) is 3. The van der Waals surface area contributed by atoms with Gasteiger partial charge in [-0.2, -0.15) is 0 Å². The minimum absolute atomic E-state index is 0.0940. The van der Waals surface area contributed by atoms with Crippen molar-refractivity contribution in [2.24, 2.45) is 0 Å². The van der Waals surface area contributed by atoms with Gasteiger partial charge in [0.2, 0.25) is 0 Å². The van der Waals surface area contributed by atoms with Gasteiger partial charge in [0.05, 0.1) is 17.3 Å². The third-order valence-electron chi connectivity index (χ3n) is 4.39. The molecule has 1 unspecified atom stereocenters. The van der Waals surface area contributed by atoms with Gasteiger partial charge in [-0.3, -0.25) is 4.98 Å². The molecule has 2 aromatic rings. The Morgan fingerprint density at radius 1 is 1.06 bits per heavy atom. The van der Waals surface area contributed by atoms with Gasteiger partial charge < -0.3 is 25.2 Å². The van der Waals surface area contributed by atoms with Gasteiger partial charge in [-0.15, -0.1) is 0 Å². The minimum Gasteiger partial charge on any atom is -0.507 e. The van der Waals surface area contributed by atoms with Gasteiger partial charge in [-0.1, -0.05) is 12.1 Å². The Balaban J connectivity index is 2.11. The average Bonchev–Trinajstić information content (AvgIpc) is 2.62. The number of fused-ring (bicyclic) bond motifs is 1. The molecule has 0 saturated heterocycles. The largest absolute Gasteiger partial charge is 0.507 e. The van der Waals surface area contributed by atoms with E-state index in [1.54, 1.807) is 39.8 Å². The standard InChI is InChI=1S/C24H35N3O5/c1-15(26-22(30)32-24(5,6)7)18-14-19(28)17-12-8-10-16(20(17)27-18)11-9-13-25-21(29)31-23(2,3)4/h8,10,12,14-15H,9,11,13H2,1-7H3,(H,25,29)(H,26,30)(H,27,28). The summed E-state index contributed by atoms with van der Waals surface area (Å²) in [6.07, 6.45) is 0.330. The van der Waals surface area contributed by atoms with Crippen LogP contribution in [0.15, 0.2) is 24.3 Å². The van der Waals surface area contributed by atoms with Crippen molar-refractivity contribution in [2.75, 3.05) is 6.54 Å². The van der Waals surface area contributed by atoms with Crippen molar-refractivity contribution < 1.29 is 24.2 Å². The molecular weight excluding hydrogens is 410 g/mol. The van der Waals surface area contributed by atoms with Crippen molar-refractivity contribution in [3.8, 4) is 5.75 Å². The van der Waals surface area contributed by atoms with Gasteiger partial charge in [0.15, 0.2) is 0 Å². The monoisotopic (exact) mass is 445 g/mol. The molecule has 2 amide bonds. The normalized spacial score (nSPS) is 12.8. The van der Waals surface area contributed by atoms with Crippen LogP contribution in [0.1, 0.15) is 72.2 Å². The summed E-state index contributed by atoms with van der Waals surface area (Å²) in [6.45, 7) is 13.1. The summed E-state index contributed by atoms with van der Waals surface area (Å²) >= 11 is 0. The molecule has 0 aliphatic heterocycles. The molecule has 1 aromatic heterocycles. The van der Waals surface area contributed by atoms with Crippen molar-refractivity contribution in [1.82, 2.24) is 15.6 Å². The lowest BCUT2D eigenvalue weighted by Gasteiger charge is -2.22. The van der Waals surface area contributed by atoms with Crippen molar-refractivity contribution in [2.45, 2.75) is 78.6 Å². The van der Waals surface area contributed by atoms with Crippen LogP contribution in [0.2, 0.25) is 0 Å². The Morgan fingerprint density at radius 2 is 1.69 bits per heavy atom. The topological polar surface area (TPSA) is 110 Å². The number of nitrogens with one attached hydrogen (secondary N) is 2. The number of alkyl carbamates (subject to hydrolysis) is 2. The lowest BCUT2D eigenvalue weighted by molar-refractivity contribution is 0.0501. The molecule has 2 rings (SSSR count). The van der Waals surface area contributed by atoms with Crippen LogP contribution in [0.25, 0.3) is 10.9 Å². The van der Waals surface area contributed by atoms with Crippen LogP contribution in [-0.2, 0) is 15.9 Å². The Hall–Kier alpha value is -3.03. The molecule has 3 N–H and O–H groups in total. The van der Waals surface area contributed by atoms with Gasteiger partial charge in [-0.05, 0) is 72.9 Å². The van der Waals surface area contributed by atoms with Crippen molar-refractivity contribution >= 4 is 23.1 Å². The van der Waals surface area contributed by atoms with E-state index in [1.165, 1.54) is 0 Å². The van der Waals surface area contributed by atoms with E-state index in [-0.39, 0.29) is 5.75 Å². The molecule has 1 aromatic carbocycles. The van der Waals surface area contributed by atoms with Gasteiger partial charge in [0.25, 0.3) is 0 Å². The maximum absolute atomic E-state index is 12.1. The lowest BCUT2D eigenvalue weighted by atomic mass is 10.0. The molecule has 176 valence electrons. The molecule has 8 heteroatoms. The zero-order valence-electron chi connectivity index (χ0n) is 20.0. The minimum atomic E-state index is -0.608. The molecular formula is C24H35N3O5. The number of nitrogens with zero attached hydrogens (tertiary/aromatic N) is 1. The maximum Gasteiger partial charge on any atom is 0.408 e. The first-order chi connectivity index (χ1) is 14.7. The summed E-state index contributed by atoms with van der Waals surface area (Å²) in [6, 6.07) is 6.70. The van der Waals surface area contributed by atoms with Crippen molar-refractivity contribution in [1.29, 1.82) is 0 Å². The van der Waals surface area contributed by atoms with E-state index < -0.39 is 29.4 Å². The first kappa shape index (κ1) is 25.2. The molecule has 1 atom stereocenters. The number of benzene rings is 1. The van der Waals surface area contributed by atoms with Crippen molar-refractivity contribution in [3.63, 3.8) is 0 Å². The number of aromatic nitrogens is 1. The summed E-state index contributed by atoms with van der Waals surface area (Å²) in [5.41, 5.74) is 0.984. The highest BCUT2D eigenvalue weighted by Gasteiger charge is 2.20. The highest BCUT2D eigenvalue weighted by atomic mass is 16.6. The number of carbonyl (C=O) groups excluding carboxylic acids is 2. The summed E-state index contributed by atoms with van der Waals surface area (Å²) in [5.74, 6) is 0.0940. The van der Waals surface area contributed by atoms with Gasteiger partial charge in [0.1, 0.15) is 17.0 Å². The van der Waals surface area contributed by atoms with E-state index >= 15 is 0 Å². The SMILES string of the molecule is CC(NC(=O)OC(C)(C)C)c1cc(O)c2cccc(CCCNC(=O)OC(C)(C)C)c2n1. The second-order valence-electron chi connectivity index (χ2n) is 9.78. The maximum atomic E-state index is 12.1. The number of carbonyl (C=O) groups is 2. The molecule has 1 heterocycles. The van der Waals surface area contributed by atoms with Gasteiger partial charge in [0, 0.05) is 18.0 Å². The fourth-order valence-corrected chi connectivity index (χ4v) is 3.07. The number of para-hydroxylation sites is 1. The Labute approximate surface area is 189 Å². The number of aromatic hydroxyl groups is 1. The fraction of sp³-hybridized carbons (Fsp3) is 0.542. The second-order valence-corrected chi connectivity index (χ2v) is 9.78. The van der Waals surface area contributed by atoms with E-state index in [1.807, 2.05) is 32.9 Å². The number of rotatable bonds is 6. The zero-order valence-corrected chi connectivity index (χ0v) is 20.0. The van der Waals surface area contributed by atoms with Gasteiger partial charge >= 0.3 is 12.2 Å². The van der Waals surface area contributed by atoms with Crippen LogP contribution >= 0.6 is 0 Å². The predicted molar refractivity (Wildman–Crippen MR) is 124 cm³/mol. The molecule has 0 aliphatic rings. The lowest BCUT2D eigenvalue weighted by Crippen LogP contribution is -2.34. The van der Waals surface area contributed by atoms with Crippen LogP contribution in [-0.4, -0.2) is 40.0 Å². The predicted octanol–water partition coefficient (Wildman–Crippen LogP) is 4.98. The number of amides is 2. The summed E-state index contributed by atoms with van der Waals surface area (Å²) in [5, 5.41) is 16.7. The molecule has 32 heavy (non-hydrogen) atoms. The fourth-order valence-electron chi connectivity index (χ4n) is 3.07. The molecule has 0 fully saturated rings. The van der Waals surface area contributed by atoms with E-state index in [9.17, 15) is 14.7 Å². The number of ether oxygens (including phenoxy) is 2. The first-order valence-electron chi connectivity index (χ1n) is 10.8. The van der Waals surface area contributed by atoms with Crippen LogP contribution < -0.4 is 10.6 Å². The zero-order chi connectivity index (χ0) is 24.1. The second kappa shape index (κ2) is 10.1. The van der Waals surface area contributed by atoms with Crippen LogP contribution in [0.4, 0.5) is 9.59 Å². The van der Waals surface area contributed by atoms with E-state index in [4.69, 9.17) is 14.5 Å². The Kier molecular flexibility index (Phi) is 7.93. The quantitative estimate of drug-likeness (QED) is 0.541. The molecule has 0 aliphatic carbocycles. The Bertz CT molecular complexity index is 960. The van der Waals surface area contributed by atoms with E-state index in [0.29, 0.717) is 36.0 Å². The third kappa shape index (κ3) is 7.90. The smallest absolute Gasteiger partial charge is 0.408 e. The van der Waals surface area contributed by atoms with Crippen LogP contribution in [0.3, 0.4) is 0 Å². The number of hydrogen-bond acceptors (Lipinski definition) is 6. The summed E-state index contributed by atoms with van der Waals surface area (Å²) in [4.78, 5) is 28.6. The summed E-state index contributed by atoms with van der Waals surface area (Å²) in [7, 11) is 0.